The Balaban J connectivity index is 0.000000612. The molecule has 0 N–H and O–H groups in total. The van der Waals surface area contributed by atoms with E-state index in [0.29, 0.717) is 16.8 Å². The first-order valence-corrected chi connectivity index (χ1v) is 6.62. The van der Waals surface area contributed by atoms with E-state index in [0.717, 1.165) is 5.57 Å². The van der Waals surface area contributed by atoms with Crippen LogP contribution in [0.3, 0.4) is 0 Å². The van der Waals surface area contributed by atoms with Gasteiger partial charge in [-0.05, 0) is 24.6 Å². The van der Waals surface area contributed by atoms with Gasteiger partial charge < -0.3 is 0 Å². The summed E-state index contributed by atoms with van der Waals surface area (Å²) in [6, 6.07) is 3.28. The zero-order valence-corrected chi connectivity index (χ0v) is 12.1. The number of hydrogen-bond acceptors (Lipinski definition) is 3. The number of carbonyl (C=O) groups is 2. The van der Waals surface area contributed by atoms with Crippen LogP contribution in [0.4, 0.5) is 0 Å². The van der Waals surface area contributed by atoms with Crippen LogP contribution < -0.4 is 0 Å². The van der Waals surface area contributed by atoms with Crippen molar-refractivity contribution >= 4 is 17.1 Å². The number of allylic oxidation sites excluding steroid dienone is 5. The number of pyridine rings is 1. The zero-order chi connectivity index (χ0) is 15.1. The third-order valence-electron chi connectivity index (χ3n) is 2.66. The summed E-state index contributed by atoms with van der Waals surface area (Å²) < 4.78 is 0. The Hall–Kier alpha value is -2.29. The summed E-state index contributed by atoms with van der Waals surface area (Å²) in [5.74, 6) is -0.983. The van der Waals surface area contributed by atoms with E-state index in [1.165, 1.54) is 6.42 Å². The van der Waals surface area contributed by atoms with Gasteiger partial charge in [0.2, 0.25) is 11.6 Å². The van der Waals surface area contributed by atoms with Crippen LogP contribution in [-0.4, -0.2) is 16.6 Å². The molecule has 0 unspecified atom stereocenters. The van der Waals surface area contributed by atoms with E-state index >= 15 is 0 Å². The third kappa shape index (κ3) is 3.18. The summed E-state index contributed by atoms with van der Waals surface area (Å²) in [4.78, 5) is 27.9. The number of rotatable bonds is 2. The van der Waals surface area contributed by atoms with Crippen molar-refractivity contribution < 1.29 is 9.59 Å². The van der Waals surface area contributed by atoms with E-state index in [-0.39, 0.29) is 0 Å². The van der Waals surface area contributed by atoms with E-state index in [2.05, 4.69) is 25.4 Å². The van der Waals surface area contributed by atoms with E-state index < -0.39 is 11.6 Å². The van der Waals surface area contributed by atoms with Crippen LogP contribution in [-0.2, 0) is 4.79 Å². The SMILES string of the molecule is C=C/C=C\C1=C(C)c2ncccc2C(=O)C1=O.CCC. The van der Waals surface area contributed by atoms with Crippen LogP contribution in [0, 0.1) is 0 Å². The second-order valence-corrected chi connectivity index (χ2v) is 4.40. The van der Waals surface area contributed by atoms with Gasteiger partial charge in [0.05, 0.1) is 11.3 Å². The molecule has 0 radical (unpaired) electrons. The van der Waals surface area contributed by atoms with Crippen molar-refractivity contribution in [3.8, 4) is 0 Å². The molecule has 0 spiro atoms. The Morgan fingerprint density at radius 2 is 1.90 bits per heavy atom. The molecular formula is C17H19NO2. The smallest absolute Gasteiger partial charge is 0.235 e. The maximum atomic E-state index is 11.9. The summed E-state index contributed by atoms with van der Waals surface area (Å²) in [6.07, 6.45) is 7.66. The van der Waals surface area contributed by atoms with Crippen molar-refractivity contribution in [3.05, 3.63) is 60.0 Å². The van der Waals surface area contributed by atoms with Crippen molar-refractivity contribution in [2.75, 3.05) is 0 Å². The molecule has 104 valence electrons. The van der Waals surface area contributed by atoms with Gasteiger partial charge in [0, 0.05) is 11.8 Å². The highest BCUT2D eigenvalue weighted by molar-refractivity contribution is 6.52. The standard InChI is InChI=1S/C14H11NO2.C3H8/c1-3-4-6-10-9(2)12-11(7-5-8-15-12)14(17)13(10)16;1-3-2/h3-8H,1H2,2H3;3H2,1-2H3/b6-4-;. The molecule has 0 aromatic carbocycles. The van der Waals surface area contributed by atoms with Gasteiger partial charge in [-0.1, -0.05) is 45.1 Å². The van der Waals surface area contributed by atoms with Crippen molar-refractivity contribution in [1.29, 1.82) is 0 Å². The minimum absolute atomic E-state index is 0.380. The van der Waals surface area contributed by atoms with E-state index in [1.807, 2.05) is 0 Å². The maximum Gasteiger partial charge on any atom is 0.235 e. The molecule has 1 aliphatic carbocycles. The zero-order valence-electron chi connectivity index (χ0n) is 12.1. The van der Waals surface area contributed by atoms with E-state index in [4.69, 9.17) is 0 Å². The maximum absolute atomic E-state index is 11.9. The molecule has 0 aliphatic heterocycles. The Bertz CT molecular complexity index is 595. The minimum Gasteiger partial charge on any atom is -0.285 e. The van der Waals surface area contributed by atoms with Gasteiger partial charge in [0.25, 0.3) is 0 Å². The number of carbonyl (C=O) groups excluding carboxylic acids is 2. The molecular weight excluding hydrogens is 250 g/mol. The molecule has 3 heteroatoms. The van der Waals surface area contributed by atoms with Gasteiger partial charge in [-0.25, -0.2) is 0 Å². The number of ketones is 2. The molecule has 1 heterocycles. The highest BCUT2D eigenvalue weighted by Gasteiger charge is 2.29. The van der Waals surface area contributed by atoms with Gasteiger partial charge in [-0.3, -0.25) is 14.6 Å². The highest BCUT2D eigenvalue weighted by Crippen LogP contribution is 2.27. The Morgan fingerprint density at radius 1 is 1.25 bits per heavy atom. The fourth-order valence-electron chi connectivity index (χ4n) is 1.79. The number of Topliss-reactive ketones (excluding diaryl/α,β-unsaturated/α-hetero) is 2. The Morgan fingerprint density at radius 3 is 2.50 bits per heavy atom. The lowest BCUT2D eigenvalue weighted by Crippen LogP contribution is -2.23. The highest BCUT2D eigenvalue weighted by atomic mass is 16.2. The number of aromatic nitrogens is 1. The van der Waals surface area contributed by atoms with Gasteiger partial charge in [-0.2, -0.15) is 0 Å². The van der Waals surface area contributed by atoms with E-state index in [9.17, 15) is 9.59 Å². The summed E-state index contributed by atoms with van der Waals surface area (Å²) in [7, 11) is 0. The first-order valence-electron chi connectivity index (χ1n) is 6.62. The molecule has 2 rings (SSSR count). The summed E-state index contributed by atoms with van der Waals surface area (Å²) >= 11 is 0. The lowest BCUT2D eigenvalue weighted by molar-refractivity contribution is -0.111. The fraction of sp³-hybridized carbons (Fsp3) is 0.235. The van der Waals surface area contributed by atoms with Crippen LogP contribution in [0.15, 0.2) is 48.7 Å². The van der Waals surface area contributed by atoms with Crippen LogP contribution >= 0.6 is 0 Å². The second-order valence-electron chi connectivity index (χ2n) is 4.40. The van der Waals surface area contributed by atoms with Crippen molar-refractivity contribution in [1.82, 2.24) is 4.98 Å². The molecule has 0 bridgehead atoms. The normalized spacial score (nSPS) is 13.9. The van der Waals surface area contributed by atoms with Gasteiger partial charge >= 0.3 is 0 Å². The van der Waals surface area contributed by atoms with Crippen LogP contribution in [0.2, 0.25) is 0 Å². The average Bonchev–Trinajstić information content (AvgIpc) is 2.46. The molecule has 1 aromatic rings. The van der Waals surface area contributed by atoms with E-state index in [1.54, 1.807) is 43.5 Å². The van der Waals surface area contributed by atoms with Gasteiger partial charge in [0.1, 0.15) is 0 Å². The summed E-state index contributed by atoms with van der Waals surface area (Å²) in [6.45, 7) is 9.58. The van der Waals surface area contributed by atoms with Crippen LogP contribution in [0.5, 0.6) is 0 Å². The molecule has 0 atom stereocenters. The third-order valence-corrected chi connectivity index (χ3v) is 2.66. The molecule has 0 saturated carbocycles. The number of hydrogen-bond donors (Lipinski definition) is 0. The number of fused-ring (bicyclic) bond motifs is 1. The molecule has 0 amide bonds. The molecule has 1 aromatic heterocycles. The lowest BCUT2D eigenvalue weighted by Gasteiger charge is -2.15. The first-order chi connectivity index (χ1) is 9.58. The molecule has 0 fully saturated rings. The summed E-state index contributed by atoms with van der Waals surface area (Å²) in [5, 5.41) is 0. The summed E-state index contributed by atoms with van der Waals surface area (Å²) in [5.41, 5.74) is 2.08. The predicted octanol–water partition coefficient (Wildman–Crippen LogP) is 3.78. The first kappa shape index (κ1) is 15.8. The fourth-order valence-corrected chi connectivity index (χ4v) is 1.79. The quantitative estimate of drug-likeness (QED) is 0.606. The van der Waals surface area contributed by atoms with Gasteiger partial charge in [-0.15, -0.1) is 0 Å². The van der Waals surface area contributed by atoms with Crippen molar-refractivity contribution in [2.24, 2.45) is 0 Å². The van der Waals surface area contributed by atoms with Crippen molar-refractivity contribution in [3.63, 3.8) is 0 Å². The Labute approximate surface area is 119 Å². The second kappa shape index (κ2) is 7.34. The van der Waals surface area contributed by atoms with Gasteiger partial charge in [0.15, 0.2) is 0 Å². The molecule has 20 heavy (non-hydrogen) atoms. The van der Waals surface area contributed by atoms with Crippen molar-refractivity contribution in [2.45, 2.75) is 27.2 Å². The number of nitrogens with zero attached hydrogens (tertiary/aromatic N) is 1. The lowest BCUT2D eigenvalue weighted by atomic mass is 9.87. The molecule has 1 aliphatic rings. The largest absolute Gasteiger partial charge is 0.285 e. The topological polar surface area (TPSA) is 47.0 Å². The molecule has 0 saturated heterocycles. The minimum atomic E-state index is -0.498. The van der Waals surface area contributed by atoms with Crippen LogP contribution in [0.1, 0.15) is 43.2 Å². The molecule has 3 nitrogen and oxygen atoms in total. The monoisotopic (exact) mass is 269 g/mol. The van der Waals surface area contributed by atoms with Crippen LogP contribution in [0.25, 0.3) is 5.57 Å². The Kier molecular flexibility index (Phi) is 5.78. The predicted molar refractivity (Wildman–Crippen MR) is 81.5 cm³/mol. The average molecular weight is 269 g/mol.